The predicted octanol–water partition coefficient (Wildman–Crippen LogP) is 4.16. The highest BCUT2D eigenvalue weighted by Gasteiger charge is 2.31. The van der Waals surface area contributed by atoms with Crippen molar-refractivity contribution in [3.8, 4) is 11.5 Å². The van der Waals surface area contributed by atoms with Crippen molar-refractivity contribution in [2.24, 2.45) is 5.41 Å². The van der Waals surface area contributed by atoms with Crippen molar-refractivity contribution in [3.63, 3.8) is 0 Å². The van der Waals surface area contributed by atoms with Crippen LogP contribution in [0.5, 0.6) is 11.5 Å². The number of nitrogens with zero attached hydrogens (tertiary/aromatic N) is 1. The van der Waals surface area contributed by atoms with Crippen molar-refractivity contribution in [2.75, 3.05) is 26.5 Å². The third kappa shape index (κ3) is 6.06. The summed E-state index contributed by atoms with van der Waals surface area (Å²) in [5, 5.41) is 12.1. The molecule has 0 heterocycles. The molecule has 2 aromatic carbocycles. The van der Waals surface area contributed by atoms with E-state index < -0.39 is 10.8 Å². The van der Waals surface area contributed by atoms with Crippen LogP contribution in [0.2, 0.25) is 0 Å². The normalized spacial score (nSPS) is 14.0. The predicted molar refractivity (Wildman–Crippen MR) is 113 cm³/mol. The summed E-state index contributed by atoms with van der Waals surface area (Å²) in [6, 6.07) is 14.9. The molecule has 0 bridgehead atoms. The zero-order valence-corrected chi connectivity index (χ0v) is 18.2. The number of ether oxygens (including phenoxy) is 2. The van der Waals surface area contributed by atoms with Gasteiger partial charge in [-0.1, -0.05) is 45.0 Å². The molecule has 0 aliphatic heterocycles. The zero-order valence-electron chi connectivity index (χ0n) is 17.3. The molecule has 5 nitrogen and oxygen atoms in total. The highest BCUT2D eigenvalue weighted by atomic mass is 32.2. The number of rotatable bonds is 9. The number of hydrogen-bond acceptors (Lipinski definition) is 5. The molecule has 6 heteroatoms. The second kappa shape index (κ2) is 10.0. The van der Waals surface area contributed by atoms with E-state index in [4.69, 9.17) is 9.47 Å². The summed E-state index contributed by atoms with van der Waals surface area (Å²) >= 11 is 0. The van der Waals surface area contributed by atoms with Gasteiger partial charge in [-0.15, -0.1) is 0 Å². The van der Waals surface area contributed by atoms with E-state index in [1.54, 1.807) is 14.2 Å². The minimum Gasteiger partial charge on any atom is -0.493 e. The van der Waals surface area contributed by atoms with E-state index >= 15 is 0 Å². The Morgan fingerprint density at radius 1 is 1.04 bits per heavy atom. The molecular formula is C22H31NO4S. The molecule has 154 valence electrons. The number of methoxy groups -OCH3 is 2. The van der Waals surface area contributed by atoms with E-state index in [0.29, 0.717) is 30.2 Å². The minimum atomic E-state index is -1.18. The average molecular weight is 406 g/mol. The van der Waals surface area contributed by atoms with Crippen LogP contribution in [0.4, 0.5) is 0 Å². The van der Waals surface area contributed by atoms with Gasteiger partial charge in [0.1, 0.15) is 0 Å². The summed E-state index contributed by atoms with van der Waals surface area (Å²) in [4.78, 5) is 0.782. The number of hydroxylamine groups is 2. The van der Waals surface area contributed by atoms with Crippen LogP contribution in [0.1, 0.15) is 26.3 Å². The molecule has 0 radical (unpaired) electrons. The fourth-order valence-corrected chi connectivity index (χ4v) is 4.64. The van der Waals surface area contributed by atoms with Gasteiger partial charge in [0.05, 0.1) is 31.1 Å². The zero-order chi connectivity index (χ0) is 20.7. The van der Waals surface area contributed by atoms with Crippen molar-refractivity contribution in [2.45, 2.75) is 38.1 Å². The van der Waals surface area contributed by atoms with Crippen LogP contribution in [0.25, 0.3) is 0 Å². The first-order chi connectivity index (χ1) is 13.3. The smallest absolute Gasteiger partial charge is 0.160 e. The number of benzene rings is 2. The van der Waals surface area contributed by atoms with Crippen molar-refractivity contribution in [1.29, 1.82) is 0 Å². The first-order valence-corrected chi connectivity index (χ1v) is 10.7. The monoisotopic (exact) mass is 405 g/mol. The van der Waals surface area contributed by atoms with Gasteiger partial charge < -0.3 is 14.7 Å². The van der Waals surface area contributed by atoms with Crippen molar-refractivity contribution >= 4 is 10.8 Å². The summed E-state index contributed by atoms with van der Waals surface area (Å²) in [7, 11) is 2.03. The Morgan fingerprint density at radius 3 is 2.25 bits per heavy atom. The molecule has 0 saturated carbocycles. The number of hydrogen-bond donors (Lipinski definition) is 1. The third-order valence-corrected chi connectivity index (χ3v) is 6.17. The highest BCUT2D eigenvalue weighted by molar-refractivity contribution is 7.85. The topological polar surface area (TPSA) is 59.0 Å². The molecular weight excluding hydrogens is 374 g/mol. The van der Waals surface area contributed by atoms with E-state index in [-0.39, 0.29) is 11.5 Å². The molecule has 0 aromatic heterocycles. The fourth-order valence-electron chi connectivity index (χ4n) is 3.03. The minimum absolute atomic E-state index is 0.225. The van der Waals surface area contributed by atoms with Gasteiger partial charge >= 0.3 is 0 Å². The van der Waals surface area contributed by atoms with Gasteiger partial charge in [-0.05, 0) is 41.7 Å². The van der Waals surface area contributed by atoms with E-state index in [1.807, 2.05) is 48.5 Å². The van der Waals surface area contributed by atoms with Crippen LogP contribution in [0, 0.1) is 5.41 Å². The first kappa shape index (κ1) is 22.4. The van der Waals surface area contributed by atoms with Crippen molar-refractivity contribution in [3.05, 3.63) is 54.1 Å². The average Bonchev–Trinajstić information content (AvgIpc) is 2.69. The fraction of sp³-hybridized carbons (Fsp3) is 0.455. The van der Waals surface area contributed by atoms with Gasteiger partial charge in [-0.3, -0.25) is 4.21 Å². The van der Waals surface area contributed by atoms with Crippen LogP contribution in [0.15, 0.2) is 53.4 Å². The van der Waals surface area contributed by atoms with Gasteiger partial charge in [0.2, 0.25) is 0 Å². The maximum Gasteiger partial charge on any atom is 0.160 e. The summed E-state index contributed by atoms with van der Waals surface area (Å²) in [6.45, 7) is 6.60. The lowest BCUT2D eigenvalue weighted by molar-refractivity contribution is -0.145. The highest BCUT2D eigenvalue weighted by Crippen LogP contribution is 2.29. The van der Waals surface area contributed by atoms with Crippen LogP contribution in [-0.2, 0) is 17.2 Å². The van der Waals surface area contributed by atoms with Crippen molar-refractivity contribution < 1.29 is 18.9 Å². The molecule has 2 aromatic rings. The molecule has 1 N–H and O–H groups in total. The van der Waals surface area contributed by atoms with E-state index in [2.05, 4.69) is 20.8 Å². The van der Waals surface area contributed by atoms with E-state index in [0.717, 1.165) is 10.5 Å². The van der Waals surface area contributed by atoms with Gasteiger partial charge in [-0.25, -0.2) is 0 Å². The Labute approximate surface area is 170 Å². The van der Waals surface area contributed by atoms with Gasteiger partial charge in [0.15, 0.2) is 11.5 Å². The van der Waals surface area contributed by atoms with Crippen LogP contribution in [0.3, 0.4) is 0 Å². The molecule has 28 heavy (non-hydrogen) atoms. The van der Waals surface area contributed by atoms with Gasteiger partial charge in [-0.2, -0.15) is 5.06 Å². The molecule has 2 rings (SSSR count). The Morgan fingerprint density at radius 2 is 1.68 bits per heavy atom. The first-order valence-electron chi connectivity index (χ1n) is 9.36. The SMILES string of the molecule is COc1ccc(CCN(O)[C@@H](C[S@@](=O)c2ccccc2)C(C)(C)C)cc1OC. The maximum absolute atomic E-state index is 12.8. The van der Waals surface area contributed by atoms with E-state index in [1.165, 1.54) is 5.06 Å². The van der Waals surface area contributed by atoms with Crippen molar-refractivity contribution in [1.82, 2.24) is 5.06 Å². The summed E-state index contributed by atoms with van der Waals surface area (Å²) in [6.07, 6.45) is 0.640. The summed E-state index contributed by atoms with van der Waals surface area (Å²) in [5.41, 5.74) is 0.810. The van der Waals surface area contributed by atoms with E-state index in [9.17, 15) is 9.42 Å². The molecule has 0 aliphatic carbocycles. The largest absolute Gasteiger partial charge is 0.493 e. The molecule has 0 fully saturated rings. The quantitative estimate of drug-likeness (QED) is 0.635. The Kier molecular flexibility index (Phi) is 8.04. The van der Waals surface area contributed by atoms with Crippen LogP contribution < -0.4 is 9.47 Å². The Hall–Kier alpha value is -1.89. The summed E-state index contributed by atoms with van der Waals surface area (Å²) < 4.78 is 23.4. The van der Waals surface area contributed by atoms with Gasteiger partial charge in [0, 0.05) is 17.2 Å². The third-order valence-electron chi connectivity index (χ3n) is 4.75. The molecule has 0 aliphatic rings. The maximum atomic E-state index is 12.8. The van der Waals surface area contributed by atoms with Crippen LogP contribution in [-0.4, -0.2) is 47.0 Å². The molecule has 2 atom stereocenters. The lowest BCUT2D eigenvalue weighted by atomic mass is 9.87. The molecule has 0 unspecified atom stereocenters. The molecule has 0 spiro atoms. The second-order valence-corrected chi connectivity index (χ2v) is 9.31. The molecule has 0 saturated heterocycles. The lowest BCUT2D eigenvalue weighted by Crippen LogP contribution is -2.46. The molecule has 0 amide bonds. The standard InChI is InChI=1S/C22H31NO4S/c1-22(2,3)21(16-28(25)18-9-7-6-8-10-18)23(24)14-13-17-11-12-19(26-4)20(15-17)27-5/h6-12,15,21,24H,13-14,16H2,1-5H3/t21-,28+/m0/s1. The Balaban J connectivity index is 2.07. The summed E-state index contributed by atoms with van der Waals surface area (Å²) in [5.74, 6) is 1.72. The lowest BCUT2D eigenvalue weighted by Gasteiger charge is -2.36. The Bertz CT molecular complexity index is 774. The van der Waals surface area contributed by atoms with Crippen LogP contribution >= 0.6 is 0 Å². The van der Waals surface area contributed by atoms with Gasteiger partial charge in [0.25, 0.3) is 0 Å². The second-order valence-electron chi connectivity index (χ2n) is 7.81.